The Morgan fingerprint density at radius 1 is 1.08 bits per heavy atom. The van der Waals surface area contributed by atoms with Gasteiger partial charge in [0.1, 0.15) is 11.6 Å². The zero-order valence-electron chi connectivity index (χ0n) is 14.6. The van der Waals surface area contributed by atoms with Crippen molar-refractivity contribution < 1.29 is 4.39 Å². The van der Waals surface area contributed by atoms with Gasteiger partial charge in [-0.25, -0.2) is 9.37 Å². The summed E-state index contributed by atoms with van der Waals surface area (Å²) < 4.78 is 13.1. The predicted octanol–water partition coefficient (Wildman–Crippen LogP) is 3.33. The topological polar surface area (TPSA) is 41.1 Å². The SMILES string of the molecule is Cc1nc(Cc2ccc(F)cc2)c(NC2CCN(C)CC2)nc1C. The van der Waals surface area contributed by atoms with Crippen LogP contribution in [-0.4, -0.2) is 41.0 Å². The van der Waals surface area contributed by atoms with E-state index in [4.69, 9.17) is 9.97 Å². The van der Waals surface area contributed by atoms with Gasteiger partial charge in [-0.1, -0.05) is 12.1 Å². The molecular weight excluding hydrogens is 303 g/mol. The van der Waals surface area contributed by atoms with Crippen molar-refractivity contribution in [3.05, 3.63) is 52.7 Å². The van der Waals surface area contributed by atoms with Gasteiger partial charge in [0.15, 0.2) is 0 Å². The lowest BCUT2D eigenvalue weighted by atomic mass is 10.0. The van der Waals surface area contributed by atoms with Crippen LogP contribution in [0.4, 0.5) is 10.2 Å². The first-order valence-corrected chi connectivity index (χ1v) is 8.55. The quantitative estimate of drug-likeness (QED) is 0.935. The molecule has 0 radical (unpaired) electrons. The van der Waals surface area contributed by atoms with Gasteiger partial charge >= 0.3 is 0 Å². The molecule has 3 rings (SSSR count). The van der Waals surface area contributed by atoms with Crippen LogP contribution in [0.15, 0.2) is 24.3 Å². The minimum absolute atomic E-state index is 0.213. The summed E-state index contributed by atoms with van der Waals surface area (Å²) >= 11 is 0. The molecule has 1 aromatic heterocycles. The number of nitrogens with one attached hydrogen (secondary N) is 1. The molecule has 1 aliphatic rings. The highest BCUT2D eigenvalue weighted by Crippen LogP contribution is 2.21. The lowest BCUT2D eigenvalue weighted by Gasteiger charge is -2.30. The van der Waals surface area contributed by atoms with E-state index in [0.29, 0.717) is 12.5 Å². The Balaban J connectivity index is 1.81. The summed E-state index contributed by atoms with van der Waals surface area (Å²) in [5.74, 6) is 0.659. The molecule has 1 saturated heterocycles. The van der Waals surface area contributed by atoms with Gasteiger partial charge in [-0.05, 0) is 64.5 Å². The molecule has 24 heavy (non-hydrogen) atoms. The molecule has 1 aliphatic heterocycles. The molecule has 1 N–H and O–H groups in total. The summed E-state index contributed by atoms with van der Waals surface area (Å²) in [7, 11) is 2.16. The smallest absolute Gasteiger partial charge is 0.148 e. The summed E-state index contributed by atoms with van der Waals surface area (Å²) in [6.45, 7) is 6.17. The van der Waals surface area contributed by atoms with Crippen LogP contribution in [0.3, 0.4) is 0 Å². The van der Waals surface area contributed by atoms with E-state index in [1.807, 2.05) is 26.0 Å². The van der Waals surface area contributed by atoms with Crippen molar-refractivity contribution in [3.63, 3.8) is 0 Å². The van der Waals surface area contributed by atoms with Gasteiger partial charge in [0, 0.05) is 12.5 Å². The van der Waals surface area contributed by atoms with E-state index in [0.717, 1.165) is 54.4 Å². The Bertz CT molecular complexity index is 691. The molecule has 128 valence electrons. The summed E-state index contributed by atoms with van der Waals surface area (Å²) in [5, 5.41) is 3.60. The molecule has 0 bridgehead atoms. The molecule has 0 unspecified atom stereocenters. The van der Waals surface area contributed by atoms with Crippen molar-refractivity contribution in [2.45, 2.75) is 39.2 Å². The molecule has 4 nitrogen and oxygen atoms in total. The van der Waals surface area contributed by atoms with Crippen LogP contribution in [0.1, 0.15) is 35.5 Å². The average molecular weight is 328 g/mol. The third-order valence-corrected chi connectivity index (χ3v) is 4.72. The molecule has 0 spiro atoms. The Labute approximate surface area is 143 Å². The van der Waals surface area contributed by atoms with E-state index < -0.39 is 0 Å². The number of aromatic nitrogens is 2. The van der Waals surface area contributed by atoms with E-state index >= 15 is 0 Å². The molecule has 0 atom stereocenters. The maximum atomic E-state index is 13.1. The number of halogens is 1. The third kappa shape index (κ3) is 4.09. The van der Waals surface area contributed by atoms with Gasteiger partial charge < -0.3 is 10.2 Å². The third-order valence-electron chi connectivity index (χ3n) is 4.72. The minimum atomic E-state index is -0.213. The van der Waals surface area contributed by atoms with Gasteiger partial charge in [0.05, 0.1) is 17.1 Å². The molecule has 0 saturated carbocycles. The molecule has 0 aliphatic carbocycles. The van der Waals surface area contributed by atoms with Crippen molar-refractivity contribution in [2.75, 3.05) is 25.5 Å². The normalized spacial score (nSPS) is 16.3. The number of benzene rings is 1. The zero-order chi connectivity index (χ0) is 17.1. The van der Waals surface area contributed by atoms with E-state index in [9.17, 15) is 4.39 Å². The fraction of sp³-hybridized carbons (Fsp3) is 0.474. The van der Waals surface area contributed by atoms with Crippen LogP contribution in [-0.2, 0) is 6.42 Å². The van der Waals surface area contributed by atoms with Gasteiger partial charge in [-0.2, -0.15) is 0 Å². The highest BCUT2D eigenvalue weighted by Gasteiger charge is 2.19. The number of anilines is 1. The van der Waals surface area contributed by atoms with Crippen molar-refractivity contribution >= 4 is 5.82 Å². The molecular formula is C19H25FN4. The summed E-state index contributed by atoms with van der Waals surface area (Å²) in [6, 6.07) is 7.04. The van der Waals surface area contributed by atoms with E-state index in [2.05, 4.69) is 17.3 Å². The maximum Gasteiger partial charge on any atom is 0.148 e. The fourth-order valence-electron chi connectivity index (χ4n) is 3.03. The summed E-state index contributed by atoms with van der Waals surface area (Å²) in [4.78, 5) is 11.8. The zero-order valence-corrected chi connectivity index (χ0v) is 14.6. The van der Waals surface area contributed by atoms with Crippen LogP contribution in [0.5, 0.6) is 0 Å². The van der Waals surface area contributed by atoms with Crippen LogP contribution >= 0.6 is 0 Å². The van der Waals surface area contributed by atoms with Gasteiger partial charge in [0.25, 0.3) is 0 Å². The monoisotopic (exact) mass is 328 g/mol. The molecule has 1 fully saturated rings. The first-order chi connectivity index (χ1) is 11.5. The van der Waals surface area contributed by atoms with Crippen LogP contribution in [0.2, 0.25) is 0 Å². The van der Waals surface area contributed by atoms with E-state index in [1.165, 1.54) is 12.1 Å². The number of nitrogens with zero attached hydrogens (tertiary/aromatic N) is 3. The number of aryl methyl sites for hydroxylation is 2. The number of piperidine rings is 1. The Morgan fingerprint density at radius 2 is 1.71 bits per heavy atom. The molecule has 2 heterocycles. The van der Waals surface area contributed by atoms with Crippen molar-refractivity contribution in [3.8, 4) is 0 Å². The van der Waals surface area contributed by atoms with Gasteiger partial charge in [0.2, 0.25) is 0 Å². The second kappa shape index (κ2) is 7.26. The maximum absolute atomic E-state index is 13.1. The van der Waals surface area contributed by atoms with Crippen LogP contribution in [0, 0.1) is 19.7 Å². The number of likely N-dealkylation sites (tertiary alicyclic amines) is 1. The number of hydrogen-bond acceptors (Lipinski definition) is 4. The number of hydrogen-bond donors (Lipinski definition) is 1. The Hall–Kier alpha value is -2.01. The Morgan fingerprint density at radius 3 is 2.38 bits per heavy atom. The minimum Gasteiger partial charge on any atom is -0.366 e. The van der Waals surface area contributed by atoms with Gasteiger partial charge in [-0.15, -0.1) is 0 Å². The predicted molar refractivity (Wildman–Crippen MR) is 94.9 cm³/mol. The van der Waals surface area contributed by atoms with E-state index in [1.54, 1.807) is 0 Å². The molecule has 1 aromatic carbocycles. The van der Waals surface area contributed by atoms with Crippen molar-refractivity contribution in [1.29, 1.82) is 0 Å². The second-order valence-electron chi connectivity index (χ2n) is 6.71. The van der Waals surface area contributed by atoms with Crippen molar-refractivity contribution in [2.24, 2.45) is 0 Å². The molecule has 0 amide bonds. The highest BCUT2D eigenvalue weighted by atomic mass is 19.1. The molecule has 2 aromatic rings. The Kier molecular flexibility index (Phi) is 5.09. The largest absolute Gasteiger partial charge is 0.366 e. The lowest BCUT2D eigenvalue weighted by Crippen LogP contribution is -2.37. The summed E-state index contributed by atoms with van der Waals surface area (Å²) in [5.41, 5.74) is 3.87. The van der Waals surface area contributed by atoms with E-state index in [-0.39, 0.29) is 5.82 Å². The second-order valence-corrected chi connectivity index (χ2v) is 6.71. The van der Waals surface area contributed by atoms with Crippen LogP contribution in [0.25, 0.3) is 0 Å². The highest BCUT2D eigenvalue weighted by molar-refractivity contribution is 5.45. The fourth-order valence-corrected chi connectivity index (χ4v) is 3.03. The van der Waals surface area contributed by atoms with Gasteiger partial charge in [-0.3, -0.25) is 4.98 Å². The first-order valence-electron chi connectivity index (χ1n) is 8.55. The first kappa shape index (κ1) is 16.8. The average Bonchev–Trinajstić information content (AvgIpc) is 2.56. The van der Waals surface area contributed by atoms with Crippen molar-refractivity contribution in [1.82, 2.24) is 14.9 Å². The molecule has 5 heteroatoms. The number of rotatable bonds is 4. The standard InChI is InChI=1S/C19H25FN4/c1-13-14(2)22-19(23-17-8-10-24(3)11-9-17)18(21-13)12-15-4-6-16(20)7-5-15/h4-7,17H,8-12H2,1-3H3,(H,22,23). The van der Waals surface area contributed by atoms with Crippen LogP contribution < -0.4 is 5.32 Å². The summed E-state index contributed by atoms with van der Waals surface area (Å²) in [6.07, 6.45) is 2.88. The lowest BCUT2D eigenvalue weighted by molar-refractivity contribution is 0.263.